The molecular weight excluding hydrogens is 160 g/mol. The molecule has 0 heterocycles. The Kier molecular flexibility index (Phi) is 3.93. The van der Waals surface area contributed by atoms with Gasteiger partial charge in [0.15, 0.2) is 4.75 Å². The molecule has 1 atom stereocenters. The van der Waals surface area contributed by atoms with E-state index in [9.17, 15) is 9.90 Å². The molecule has 0 aromatic heterocycles. The third kappa shape index (κ3) is 2.40. The summed E-state index contributed by atoms with van der Waals surface area (Å²) >= 11 is 0.945. The van der Waals surface area contributed by atoms with Crippen LogP contribution in [0, 0.1) is 5.92 Å². The Hall–Kier alpha value is -0.180. The zero-order valence-corrected chi connectivity index (χ0v) is 8.44. The van der Waals surface area contributed by atoms with E-state index in [0.29, 0.717) is 0 Å². The number of carboxylic acids is 1. The van der Waals surface area contributed by atoms with E-state index in [2.05, 4.69) is 0 Å². The van der Waals surface area contributed by atoms with Crippen molar-refractivity contribution in [3.05, 3.63) is 0 Å². The molecule has 0 aromatic rings. The van der Waals surface area contributed by atoms with Crippen molar-refractivity contribution < 1.29 is 9.90 Å². The first kappa shape index (κ1) is 10.8. The van der Waals surface area contributed by atoms with Crippen LogP contribution in [0.15, 0.2) is 0 Å². The minimum Gasteiger partial charge on any atom is -0.544 e. The van der Waals surface area contributed by atoms with Gasteiger partial charge in [0.2, 0.25) is 0 Å². The number of rotatable bonds is 4. The predicted molar refractivity (Wildman–Crippen MR) is 47.6 cm³/mol. The Balaban J connectivity index is 4.38. The summed E-state index contributed by atoms with van der Waals surface area (Å²) in [6.45, 7) is 7.56. The first-order valence-electron chi connectivity index (χ1n) is 3.85. The van der Waals surface area contributed by atoms with Crippen LogP contribution in [0.5, 0.6) is 0 Å². The maximum absolute atomic E-state index is 10.7. The molecule has 0 saturated carbocycles. The van der Waals surface area contributed by atoms with Crippen molar-refractivity contribution in [2.45, 2.75) is 32.4 Å². The second kappa shape index (κ2) is 4.00. The van der Waals surface area contributed by atoms with E-state index in [-0.39, 0.29) is 5.92 Å². The second-order valence-corrected chi connectivity index (χ2v) is 4.94. The lowest BCUT2D eigenvalue weighted by Gasteiger charge is -2.26. The maximum atomic E-state index is 10.7. The summed E-state index contributed by atoms with van der Waals surface area (Å²) in [7, 11) is 0. The third-order valence-corrected chi connectivity index (χ3v) is 3.70. The van der Waals surface area contributed by atoms with Crippen molar-refractivity contribution in [2.75, 3.05) is 5.75 Å². The van der Waals surface area contributed by atoms with Gasteiger partial charge in [0.1, 0.15) is 5.75 Å². The van der Waals surface area contributed by atoms with Gasteiger partial charge in [-0.15, -0.1) is 0 Å². The number of carbonyl (C=O) groups excluding carboxylic acids is 1. The van der Waals surface area contributed by atoms with Crippen molar-refractivity contribution >= 4 is 17.7 Å². The SMILES string of the molecule is CC[SH+]C(C)(C(=O)[O-])C(C)C. The zero-order chi connectivity index (χ0) is 9.07. The van der Waals surface area contributed by atoms with Crippen molar-refractivity contribution in [1.82, 2.24) is 0 Å². The van der Waals surface area contributed by atoms with Crippen molar-refractivity contribution in [2.24, 2.45) is 5.92 Å². The molecule has 0 aliphatic rings. The van der Waals surface area contributed by atoms with E-state index in [4.69, 9.17) is 0 Å². The van der Waals surface area contributed by atoms with Gasteiger partial charge in [-0.25, -0.2) is 0 Å². The second-order valence-electron chi connectivity index (χ2n) is 3.06. The first-order chi connectivity index (χ1) is 4.95. The fourth-order valence-electron chi connectivity index (χ4n) is 0.811. The quantitative estimate of drug-likeness (QED) is 0.446. The van der Waals surface area contributed by atoms with E-state index in [0.717, 1.165) is 17.5 Å². The molecule has 0 spiro atoms. The molecule has 0 rings (SSSR count). The van der Waals surface area contributed by atoms with Crippen LogP contribution >= 0.6 is 0 Å². The van der Waals surface area contributed by atoms with Crippen LogP contribution in [0.2, 0.25) is 0 Å². The molecular formula is C8H16O2S. The third-order valence-electron chi connectivity index (χ3n) is 2.02. The number of carbonyl (C=O) groups is 1. The molecule has 1 unspecified atom stereocenters. The van der Waals surface area contributed by atoms with Crippen LogP contribution in [0.1, 0.15) is 27.7 Å². The molecule has 0 aliphatic heterocycles. The van der Waals surface area contributed by atoms with Crippen LogP contribution in [-0.4, -0.2) is 16.5 Å². The van der Waals surface area contributed by atoms with Gasteiger partial charge in [-0.05, 0) is 25.6 Å². The fraction of sp³-hybridized carbons (Fsp3) is 0.875. The number of hydrogen-bond acceptors (Lipinski definition) is 2. The Morgan fingerprint density at radius 2 is 2.09 bits per heavy atom. The first-order valence-corrected chi connectivity index (χ1v) is 4.93. The summed E-state index contributed by atoms with van der Waals surface area (Å²) in [5.74, 6) is 0.0629. The molecule has 66 valence electrons. The van der Waals surface area contributed by atoms with Gasteiger partial charge in [0, 0.05) is 5.92 Å². The van der Waals surface area contributed by atoms with Gasteiger partial charge in [-0.2, -0.15) is 0 Å². The predicted octanol–water partition coefficient (Wildman–Crippen LogP) is -0.0142. The van der Waals surface area contributed by atoms with Crippen molar-refractivity contribution in [3.8, 4) is 0 Å². The number of thiol groups is 1. The molecule has 0 amide bonds. The molecule has 0 bridgehead atoms. The lowest BCUT2D eigenvalue weighted by atomic mass is 9.97. The van der Waals surface area contributed by atoms with E-state index in [1.54, 1.807) is 6.92 Å². The number of aliphatic carboxylic acids is 1. The number of hydrogen-bond donors (Lipinski definition) is 0. The summed E-state index contributed by atoms with van der Waals surface area (Å²) in [5, 5.41) is 10.7. The summed E-state index contributed by atoms with van der Waals surface area (Å²) in [4.78, 5) is 10.7. The normalized spacial score (nSPS) is 16.5. The highest BCUT2D eigenvalue weighted by Crippen LogP contribution is 2.20. The molecule has 0 saturated heterocycles. The lowest BCUT2D eigenvalue weighted by molar-refractivity contribution is -0.309. The average Bonchev–Trinajstić information content (AvgIpc) is 1.87. The molecule has 0 radical (unpaired) electrons. The van der Waals surface area contributed by atoms with Crippen LogP contribution in [-0.2, 0) is 16.6 Å². The Labute approximate surface area is 72.4 Å². The van der Waals surface area contributed by atoms with Gasteiger partial charge < -0.3 is 9.90 Å². The molecule has 0 aromatic carbocycles. The van der Waals surface area contributed by atoms with Gasteiger partial charge in [0.25, 0.3) is 0 Å². The van der Waals surface area contributed by atoms with Crippen LogP contribution in [0.4, 0.5) is 0 Å². The van der Waals surface area contributed by atoms with E-state index < -0.39 is 10.7 Å². The molecule has 2 nitrogen and oxygen atoms in total. The Morgan fingerprint density at radius 1 is 1.64 bits per heavy atom. The minimum absolute atomic E-state index is 0.133. The fourth-order valence-corrected chi connectivity index (χ4v) is 1.96. The summed E-state index contributed by atoms with van der Waals surface area (Å²) in [5.41, 5.74) is 0. The standard InChI is InChI=1S/C8H16O2S/c1-5-11-8(4,6(2)3)7(9)10/h6H,5H2,1-4H3,(H,9,10). The molecule has 0 fully saturated rings. The minimum atomic E-state index is -0.934. The number of carboxylic acid groups (broad SMARTS) is 1. The topological polar surface area (TPSA) is 40.1 Å². The smallest absolute Gasteiger partial charge is 0.164 e. The highest BCUT2D eigenvalue weighted by Gasteiger charge is 2.36. The molecule has 3 heteroatoms. The Morgan fingerprint density at radius 3 is 2.18 bits per heavy atom. The van der Waals surface area contributed by atoms with Gasteiger partial charge in [-0.3, -0.25) is 0 Å². The summed E-state index contributed by atoms with van der Waals surface area (Å²) in [6.07, 6.45) is 0. The summed E-state index contributed by atoms with van der Waals surface area (Å²) in [6, 6.07) is 0. The zero-order valence-electron chi connectivity index (χ0n) is 7.55. The van der Waals surface area contributed by atoms with Crippen molar-refractivity contribution in [3.63, 3.8) is 0 Å². The molecule has 0 N–H and O–H groups in total. The lowest BCUT2D eigenvalue weighted by Crippen LogP contribution is -2.51. The maximum Gasteiger partial charge on any atom is 0.164 e. The van der Waals surface area contributed by atoms with Crippen LogP contribution < -0.4 is 5.11 Å². The molecule has 11 heavy (non-hydrogen) atoms. The summed E-state index contributed by atoms with van der Waals surface area (Å²) < 4.78 is -0.672. The van der Waals surface area contributed by atoms with Gasteiger partial charge in [0.05, 0.1) is 5.97 Å². The van der Waals surface area contributed by atoms with Gasteiger partial charge >= 0.3 is 0 Å². The van der Waals surface area contributed by atoms with Crippen molar-refractivity contribution in [1.29, 1.82) is 0 Å². The van der Waals surface area contributed by atoms with Crippen LogP contribution in [0.3, 0.4) is 0 Å². The van der Waals surface area contributed by atoms with E-state index in [1.165, 1.54) is 0 Å². The Bertz CT molecular complexity index is 145. The molecule has 0 aliphatic carbocycles. The van der Waals surface area contributed by atoms with Crippen LogP contribution in [0.25, 0.3) is 0 Å². The van der Waals surface area contributed by atoms with E-state index >= 15 is 0 Å². The monoisotopic (exact) mass is 176 g/mol. The average molecular weight is 176 g/mol. The highest BCUT2D eigenvalue weighted by molar-refractivity contribution is 7.80. The van der Waals surface area contributed by atoms with E-state index in [1.807, 2.05) is 20.8 Å². The van der Waals surface area contributed by atoms with Gasteiger partial charge in [-0.1, -0.05) is 13.8 Å². The highest BCUT2D eigenvalue weighted by atomic mass is 32.2. The largest absolute Gasteiger partial charge is 0.544 e.